The first kappa shape index (κ1) is 24.3. The highest BCUT2D eigenvalue weighted by atomic mass is 32.1. The summed E-state index contributed by atoms with van der Waals surface area (Å²) in [6.45, 7) is 6.13. The number of thiazole rings is 1. The Morgan fingerprint density at radius 2 is 1.87 bits per heavy atom. The molecule has 0 saturated carbocycles. The maximum Gasteiger partial charge on any atom is 0.301 e. The van der Waals surface area contributed by atoms with Gasteiger partial charge in [0.2, 0.25) is 0 Å². The molecule has 1 saturated heterocycles. The van der Waals surface area contributed by atoms with Crippen LogP contribution in [0.4, 0.5) is 9.52 Å². The molecule has 192 valence electrons. The molecule has 1 fully saturated rings. The number of halogens is 1. The zero-order valence-corrected chi connectivity index (χ0v) is 21.9. The van der Waals surface area contributed by atoms with Crippen LogP contribution in [0.15, 0.2) is 66.2 Å². The number of ether oxygens (including phenoxy) is 1. The first-order valence-electron chi connectivity index (χ1n) is 12.5. The second-order valence-electron chi connectivity index (χ2n) is 10.1. The maximum absolute atomic E-state index is 13.9. The minimum atomic E-state index is -0.898. The number of nitrogens with zero attached hydrogens (tertiary/aromatic N) is 2. The molecule has 1 aromatic heterocycles. The number of fused-ring (bicyclic) bond motifs is 2. The van der Waals surface area contributed by atoms with Crippen LogP contribution < -0.4 is 9.64 Å². The molecule has 1 amide bonds. The van der Waals surface area contributed by atoms with Gasteiger partial charge in [-0.3, -0.25) is 14.5 Å². The lowest BCUT2D eigenvalue weighted by Crippen LogP contribution is -2.29. The van der Waals surface area contributed by atoms with E-state index in [1.54, 1.807) is 24.3 Å². The number of benzene rings is 3. The van der Waals surface area contributed by atoms with E-state index >= 15 is 0 Å². The number of amides is 1. The topological polar surface area (TPSA) is 79.7 Å². The van der Waals surface area contributed by atoms with Crippen molar-refractivity contribution < 1.29 is 23.8 Å². The molecule has 4 aromatic rings. The van der Waals surface area contributed by atoms with Crippen LogP contribution in [-0.4, -0.2) is 27.9 Å². The smallest absolute Gasteiger partial charge is 0.301 e. The highest BCUT2D eigenvalue weighted by Gasteiger charge is 2.48. The van der Waals surface area contributed by atoms with Crippen LogP contribution >= 0.6 is 11.3 Å². The van der Waals surface area contributed by atoms with E-state index in [1.165, 1.54) is 17.0 Å². The fourth-order valence-corrected chi connectivity index (χ4v) is 6.14. The van der Waals surface area contributed by atoms with Crippen LogP contribution in [0.25, 0.3) is 16.0 Å². The van der Waals surface area contributed by atoms with Crippen LogP contribution in [0.2, 0.25) is 0 Å². The lowest BCUT2D eigenvalue weighted by molar-refractivity contribution is -0.132. The molecule has 0 bridgehead atoms. The Labute approximate surface area is 223 Å². The summed E-state index contributed by atoms with van der Waals surface area (Å²) in [7, 11) is 0. The largest absolute Gasteiger partial charge is 0.507 e. The van der Waals surface area contributed by atoms with Crippen molar-refractivity contribution in [3.8, 4) is 5.75 Å². The Bertz CT molecular complexity index is 1640. The molecule has 0 spiro atoms. The first-order valence-corrected chi connectivity index (χ1v) is 13.3. The van der Waals surface area contributed by atoms with Gasteiger partial charge in [-0.05, 0) is 65.9 Å². The van der Waals surface area contributed by atoms with Gasteiger partial charge in [-0.2, -0.15) is 0 Å². The number of Topliss-reactive ketones (excluding diaryl/α,β-unsaturated/α-hetero) is 1. The Morgan fingerprint density at radius 3 is 2.61 bits per heavy atom. The summed E-state index contributed by atoms with van der Waals surface area (Å²) >= 11 is 1.13. The number of hydrogen-bond donors (Lipinski definition) is 1. The van der Waals surface area contributed by atoms with Crippen molar-refractivity contribution in [2.45, 2.75) is 45.3 Å². The fourth-order valence-electron chi connectivity index (χ4n) is 5.12. The molecule has 0 radical (unpaired) electrons. The SMILES string of the molecule is CC(C)c1ccc([C@H]2C(=C(O)c3ccc4c(c3)C[C@@H](C)O4)C(=O)C(=O)N2c2nc3ccc(F)cc3s2)cc1. The highest BCUT2D eigenvalue weighted by molar-refractivity contribution is 7.22. The molecule has 1 N–H and O–H groups in total. The van der Waals surface area contributed by atoms with E-state index in [1.807, 2.05) is 31.2 Å². The first-order chi connectivity index (χ1) is 18.2. The zero-order chi connectivity index (χ0) is 26.7. The normalized spacial score (nSPS) is 20.4. The third-order valence-electron chi connectivity index (χ3n) is 7.08. The predicted molar refractivity (Wildman–Crippen MR) is 145 cm³/mol. The van der Waals surface area contributed by atoms with E-state index in [0.717, 1.165) is 28.2 Å². The molecule has 0 unspecified atom stereocenters. The Balaban J connectivity index is 1.53. The molecule has 2 aliphatic heterocycles. The van der Waals surface area contributed by atoms with Crippen molar-refractivity contribution in [2.24, 2.45) is 0 Å². The Hall–Kier alpha value is -4.04. The van der Waals surface area contributed by atoms with Crippen molar-refractivity contribution in [2.75, 3.05) is 4.90 Å². The van der Waals surface area contributed by atoms with Crippen molar-refractivity contribution in [1.82, 2.24) is 4.98 Å². The summed E-state index contributed by atoms with van der Waals surface area (Å²) in [5.41, 5.74) is 3.66. The number of aromatic nitrogens is 1. The average molecular weight is 529 g/mol. The van der Waals surface area contributed by atoms with Gasteiger partial charge in [-0.1, -0.05) is 49.4 Å². The van der Waals surface area contributed by atoms with Gasteiger partial charge in [0.15, 0.2) is 5.13 Å². The minimum Gasteiger partial charge on any atom is -0.507 e. The predicted octanol–water partition coefficient (Wildman–Crippen LogP) is 6.51. The van der Waals surface area contributed by atoms with Crippen molar-refractivity contribution in [3.63, 3.8) is 0 Å². The molecule has 38 heavy (non-hydrogen) atoms. The van der Waals surface area contributed by atoms with Gasteiger partial charge in [-0.15, -0.1) is 0 Å². The van der Waals surface area contributed by atoms with E-state index in [-0.39, 0.29) is 22.6 Å². The standard InChI is InChI=1S/C30H25FN2O4S/c1-15(2)17-4-6-18(7-5-17)26-25(27(34)19-8-11-23-20(13-19)12-16(3)37-23)28(35)29(36)33(26)30-32-22-10-9-21(31)14-24(22)38-30/h4-11,13-16,26,34H,12H2,1-3H3/t16-,26+/m1/s1. The number of aliphatic hydroxyl groups excluding tert-OH is 1. The van der Waals surface area contributed by atoms with Crippen LogP contribution in [0.3, 0.4) is 0 Å². The van der Waals surface area contributed by atoms with Crippen LogP contribution in [0.5, 0.6) is 5.75 Å². The second kappa shape index (κ2) is 9.06. The lowest BCUT2D eigenvalue weighted by atomic mass is 9.93. The Kier molecular flexibility index (Phi) is 5.79. The fraction of sp³-hybridized carbons (Fsp3) is 0.233. The third-order valence-corrected chi connectivity index (χ3v) is 8.10. The molecule has 2 aliphatic rings. The Morgan fingerprint density at radius 1 is 1.11 bits per heavy atom. The lowest BCUT2D eigenvalue weighted by Gasteiger charge is -2.23. The summed E-state index contributed by atoms with van der Waals surface area (Å²) in [6, 6.07) is 16.2. The number of aliphatic hydroxyl groups is 1. The van der Waals surface area contributed by atoms with E-state index in [4.69, 9.17) is 4.74 Å². The maximum atomic E-state index is 13.9. The number of rotatable bonds is 4. The molecule has 3 heterocycles. The molecular formula is C30H25FN2O4S. The van der Waals surface area contributed by atoms with Gasteiger partial charge in [0.05, 0.1) is 21.8 Å². The summed E-state index contributed by atoms with van der Waals surface area (Å²) in [5.74, 6) is -1.20. The van der Waals surface area contributed by atoms with Gasteiger partial charge in [-0.25, -0.2) is 9.37 Å². The molecule has 0 aliphatic carbocycles. The number of anilines is 1. The van der Waals surface area contributed by atoms with E-state index in [2.05, 4.69) is 18.8 Å². The summed E-state index contributed by atoms with van der Waals surface area (Å²) in [5, 5.41) is 11.8. The average Bonchev–Trinajstić information content (AvgIpc) is 3.55. The monoisotopic (exact) mass is 528 g/mol. The van der Waals surface area contributed by atoms with Gasteiger partial charge < -0.3 is 9.84 Å². The van der Waals surface area contributed by atoms with Gasteiger partial charge in [0.1, 0.15) is 23.4 Å². The van der Waals surface area contributed by atoms with Crippen molar-refractivity contribution >= 4 is 44.1 Å². The summed E-state index contributed by atoms with van der Waals surface area (Å²) in [4.78, 5) is 32.9. The molecule has 6 nitrogen and oxygen atoms in total. The quantitative estimate of drug-likeness (QED) is 0.186. The van der Waals surface area contributed by atoms with E-state index < -0.39 is 23.5 Å². The van der Waals surface area contributed by atoms with Crippen molar-refractivity contribution in [3.05, 3.63) is 94.3 Å². The number of carbonyl (C=O) groups excluding carboxylic acids is 2. The molecule has 6 rings (SSSR count). The van der Waals surface area contributed by atoms with E-state index in [0.29, 0.717) is 33.7 Å². The molecule has 8 heteroatoms. The highest BCUT2D eigenvalue weighted by Crippen LogP contribution is 2.45. The number of ketones is 1. The molecular weight excluding hydrogens is 503 g/mol. The summed E-state index contributed by atoms with van der Waals surface area (Å²) < 4.78 is 20.2. The number of carbonyl (C=O) groups is 2. The number of hydrogen-bond acceptors (Lipinski definition) is 6. The second-order valence-corrected chi connectivity index (χ2v) is 11.1. The van der Waals surface area contributed by atoms with Crippen LogP contribution in [0, 0.1) is 5.82 Å². The molecule has 3 aromatic carbocycles. The minimum absolute atomic E-state index is 0.00959. The van der Waals surface area contributed by atoms with Crippen LogP contribution in [0.1, 0.15) is 55.0 Å². The van der Waals surface area contributed by atoms with Crippen molar-refractivity contribution in [1.29, 1.82) is 0 Å². The summed E-state index contributed by atoms with van der Waals surface area (Å²) in [6.07, 6.45) is 0.712. The zero-order valence-electron chi connectivity index (χ0n) is 21.1. The van der Waals surface area contributed by atoms with Gasteiger partial charge in [0, 0.05) is 12.0 Å². The molecule has 2 atom stereocenters. The van der Waals surface area contributed by atoms with E-state index in [9.17, 15) is 19.1 Å². The van der Waals surface area contributed by atoms with Gasteiger partial charge >= 0.3 is 5.91 Å². The van der Waals surface area contributed by atoms with Crippen LogP contribution in [-0.2, 0) is 16.0 Å². The third kappa shape index (κ3) is 3.96. The van der Waals surface area contributed by atoms with Gasteiger partial charge in [0.25, 0.3) is 5.78 Å².